The molecule has 1 aromatic carbocycles. The molecule has 0 unspecified atom stereocenters. The molecule has 0 atom stereocenters. The SMILES string of the molecule is CC(=O)C(=O)CC(=O)c1ccc(Sc2ccccc2)s1. The maximum Gasteiger partial charge on any atom is 0.205 e. The lowest BCUT2D eigenvalue weighted by atomic mass is 10.1. The first kappa shape index (κ1) is 14.7. The number of hydrogen-bond donors (Lipinski definition) is 0. The molecule has 0 aliphatic carbocycles. The zero-order valence-corrected chi connectivity index (χ0v) is 12.4. The molecule has 0 amide bonds. The highest BCUT2D eigenvalue weighted by Gasteiger charge is 2.17. The van der Waals surface area contributed by atoms with Gasteiger partial charge in [-0.1, -0.05) is 30.0 Å². The molecule has 0 spiro atoms. The van der Waals surface area contributed by atoms with Crippen molar-refractivity contribution in [1.82, 2.24) is 0 Å². The smallest absolute Gasteiger partial charge is 0.205 e. The van der Waals surface area contributed by atoms with E-state index >= 15 is 0 Å². The number of Topliss-reactive ketones (excluding diaryl/α,β-unsaturated/α-hetero) is 3. The van der Waals surface area contributed by atoms with E-state index < -0.39 is 11.6 Å². The Hall–Kier alpha value is -1.72. The van der Waals surface area contributed by atoms with E-state index in [4.69, 9.17) is 0 Å². The van der Waals surface area contributed by atoms with Crippen LogP contribution in [0.3, 0.4) is 0 Å². The molecule has 1 heterocycles. The number of carbonyl (C=O) groups excluding carboxylic acids is 3. The summed E-state index contributed by atoms with van der Waals surface area (Å²) in [5.41, 5.74) is 0. The van der Waals surface area contributed by atoms with Crippen LogP contribution in [-0.2, 0) is 9.59 Å². The quantitative estimate of drug-likeness (QED) is 0.464. The van der Waals surface area contributed by atoms with E-state index in [1.165, 1.54) is 18.3 Å². The molecular weight excluding hydrogens is 292 g/mol. The summed E-state index contributed by atoms with van der Waals surface area (Å²) in [6.07, 6.45) is -0.342. The molecule has 3 nitrogen and oxygen atoms in total. The lowest BCUT2D eigenvalue weighted by Crippen LogP contribution is -2.14. The van der Waals surface area contributed by atoms with Crippen LogP contribution >= 0.6 is 23.1 Å². The predicted molar refractivity (Wildman–Crippen MR) is 79.5 cm³/mol. The summed E-state index contributed by atoms with van der Waals surface area (Å²) >= 11 is 2.90. The Morgan fingerprint density at radius 3 is 2.40 bits per heavy atom. The average Bonchev–Trinajstić information content (AvgIpc) is 2.88. The van der Waals surface area contributed by atoms with Gasteiger partial charge in [0.05, 0.1) is 15.5 Å². The summed E-state index contributed by atoms with van der Waals surface area (Å²) < 4.78 is 0.981. The summed E-state index contributed by atoms with van der Waals surface area (Å²) in [5, 5.41) is 0. The molecule has 0 N–H and O–H groups in total. The Bertz CT molecular complexity index is 644. The molecule has 0 radical (unpaired) electrons. The molecule has 0 bridgehead atoms. The third-order valence-corrected chi connectivity index (χ3v) is 4.80. The molecule has 0 saturated heterocycles. The molecule has 102 valence electrons. The fourth-order valence-electron chi connectivity index (χ4n) is 1.49. The second kappa shape index (κ2) is 6.63. The van der Waals surface area contributed by atoms with E-state index in [9.17, 15) is 14.4 Å². The van der Waals surface area contributed by atoms with Gasteiger partial charge >= 0.3 is 0 Å². The van der Waals surface area contributed by atoms with Crippen molar-refractivity contribution >= 4 is 40.4 Å². The Labute approximate surface area is 125 Å². The van der Waals surface area contributed by atoms with E-state index in [0.717, 1.165) is 9.10 Å². The first-order valence-electron chi connectivity index (χ1n) is 5.96. The number of rotatable bonds is 6. The lowest BCUT2D eigenvalue weighted by Gasteiger charge is -1.97. The first-order chi connectivity index (χ1) is 9.56. The van der Waals surface area contributed by atoms with Crippen molar-refractivity contribution in [2.24, 2.45) is 0 Å². The fourth-order valence-corrected chi connectivity index (χ4v) is 3.55. The van der Waals surface area contributed by atoms with Crippen molar-refractivity contribution in [3.63, 3.8) is 0 Å². The monoisotopic (exact) mass is 304 g/mol. The maximum absolute atomic E-state index is 11.9. The summed E-state index contributed by atoms with van der Waals surface area (Å²) in [7, 11) is 0. The van der Waals surface area contributed by atoms with Crippen molar-refractivity contribution in [1.29, 1.82) is 0 Å². The van der Waals surface area contributed by atoms with Gasteiger partial charge in [-0.05, 0) is 24.3 Å². The van der Waals surface area contributed by atoms with Crippen LogP contribution in [0, 0.1) is 0 Å². The summed E-state index contributed by atoms with van der Waals surface area (Å²) in [5.74, 6) is -1.51. The Morgan fingerprint density at radius 2 is 1.75 bits per heavy atom. The molecule has 0 aliphatic heterocycles. The Morgan fingerprint density at radius 1 is 1.05 bits per heavy atom. The predicted octanol–water partition coefficient (Wildman–Crippen LogP) is 3.63. The topological polar surface area (TPSA) is 51.2 Å². The highest BCUT2D eigenvalue weighted by atomic mass is 32.2. The van der Waals surface area contributed by atoms with Crippen molar-refractivity contribution in [2.45, 2.75) is 22.4 Å². The van der Waals surface area contributed by atoms with Crippen molar-refractivity contribution < 1.29 is 14.4 Å². The van der Waals surface area contributed by atoms with Crippen LogP contribution in [0.4, 0.5) is 0 Å². The Balaban J connectivity index is 2.04. The maximum atomic E-state index is 11.9. The van der Waals surface area contributed by atoms with Gasteiger partial charge in [0.25, 0.3) is 0 Å². The second-order valence-corrected chi connectivity index (χ2v) is 6.57. The van der Waals surface area contributed by atoms with Crippen LogP contribution in [0.1, 0.15) is 23.0 Å². The first-order valence-corrected chi connectivity index (χ1v) is 7.59. The number of thiophene rings is 1. The molecule has 2 rings (SSSR count). The Kier molecular flexibility index (Phi) is 4.87. The highest BCUT2D eigenvalue weighted by molar-refractivity contribution is 8.01. The van der Waals surface area contributed by atoms with Gasteiger partial charge in [-0.3, -0.25) is 14.4 Å². The van der Waals surface area contributed by atoms with Crippen LogP contribution in [0.5, 0.6) is 0 Å². The van der Waals surface area contributed by atoms with E-state index in [-0.39, 0.29) is 12.2 Å². The molecule has 5 heteroatoms. The second-order valence-electron chi connectivity index (χ2n) is 4.11. The number of ketones is 3. The molecule has 1 aromatic heterocycles. The zero-order chi connectivity index (χ0) is 14.5. The fraction of sp³-hybridized carbons (Fsp3) is 0.133. The molecule has 0 fully saturated rings. The number of benzene rings is 1. The zero-order valence-electron chi connectivity index (χ0n) is 10.8. The van der Waals surface area contributed by atoms with E-state index in [1.807, 2.05) is 36.4 Å². The summed E-state index contributed by atoms with van der Waals surface area (Å²) in [4.78, 5) is 35.6. The van der Waals surface area contributed by atoms with Crippen LogP contribution in [0.2, 0.25) is 0 Å². The third kappa shape index (κ3) is 3.88. The highest BCUT2D eigenvalue weighted by Crippen LogP contribution is 2.33. The minimum Gasteiger partial charge on any atom is -0.293 e. The van der Waals surface area contributed by atoms with Crippen molar-refractivity contribution in [3.8, 4) is 0 Å². The standard InChI is InChI=1S/C15H12O3S2/c1-10(16)12(17)9-13(18)14-7-8-15(20-14)19-11-5-3-2-4-6-11/h2-8H,9H2,1H3. The van der Waals surface area contributed by atoms with Gasteiger partial charge in [-0.2, -0.15) is 0 Å². The average molecular weight is 304 g/mol. The number of carbonyl (C=O) groups is 3. The number of hydrogen-bond acceptors (Lipinski definition) is 5. The molecule has 0 saturated carbocycles. The van der Waals surface area contributed by atoms with Gasteiger partial charge in [0.2, 0.25) is 5.78 Å². The lowest BCUT2D eigenvalue weighted by molar-refractivity contribution is -0.134. The van der Waals surface area contributed by atoms with Gasteiger partial charge in [0.1, 0.15) is 0 Å². The van der Waals surface area contributed by atoms with Crippen molar-refractivity contribution in [3.05, 3.63) is 47.3 Å². The van der Waals surface area contributed by atoms with E-state index in [2.05, 4.69) is 0 Å². The van der Waals surface area contributed by atoms with E-state index in [0.29, 0.717) is 4.88 Å². The van der Waals surface area contributed by atoms with Gasteiger partial charge in [-0.25, -0.2) is 0 Å². The van der Waals surface area contributed by atoms with Crippen LogP contribution < -0.4 is 0 Å². The molecular formula is C15H12O3S2. The normalized spacial score (nSPS) is 10.2. The van der Waals surface area contributed by atoms with Gasteiger partial charge in [-0.15, -0.1) is 11.3 Å². The van der Waals surface area contributed by atoms with Crippen molar-refractivity contribution in [2.75, 3.05) is 0 Å². The molecule has 0 aliphatic rings. The summed E-state index contributed by atoms with van der Waals surface area (Å²) in [6.45, 7) is 1.18. The van der Waals surface area contributed by atoms with Gasteiger partial charge in [0, 0.05) is 11.8 Å². The molecule has 2 aromatic rings. The summed E-state index contributed by atoms with van der Waals surface area (Å²) in [6, 6.07) is 13.4. The minimum absolute atomic E-state index is 0.296. The van der Waals surface area contributed by atoms with E-state index in [1.54, 1.807) is 17.8 Å². The largest absolute Gasteiger partial charge is 0.293 e. The van der Waals surface area contributed by atoms with Crippen LogP contribution in [0.25, 0.3) is 0 Å². The third-order valence-electron chi connectivity index (χ3n) is 2.53. The van der Waals surface area contributed by atoms with Gasteiger partial charge in [0.15, 0.2) is 11.6 Å². The van der Waals surface area contributed by atoms with Gasteiger partial charge < -0.3 is 0 Å². The van der Waals surface area contributed by atoms with Crippen LogP contribution in [-0.4, -0.2) is 17.3 Å². The molecule has 20 heavy (non-hydrogen) atoms. The van der Waals surface area contributed by atoms with Crippen LogP contribution in [0.15, 0.2) is 51.6 Å². The minimum atomic E-state index is -0.638.